The fourth-order valence-corrected chi connectivity index (χ4v) is 5.43. The van der Waals surface area contributed by atoms with Crippen molar-refractivity contribution in [2.45, 2.75) is 6.61 Å². The molecule has 1 heterocycles. The highest BCUT2D eigenvalue weighted by Crippen LogP contribution is 2.39. The summed E-state index contributed by atoms with van der Waals surface area (Å²) < 4.78 is 16.7. The maximum atomic E-state index is 13.0. The monoisotopic (exact) mass is 678 g/mol. The van der Waals surface area contributed by atoms with Gasteiger partial charge in [-0.15, -0.1) is 0 Å². The van der Waals surface area contributed by atoms with E-state index in [1.807, 2.05) is 12.1 Å². The van der Waals surface area contributed by atoms with Crippen molar-refractivity contribution in [3.8, 4) is 11.5 Å². The molecule has 3 amide bonds. The number of anilines is 1. The number of esters is 1. The molecule has 0 radical (unpaired) electrons. The summed E-state index contributed by atoms with van der Waals surface area (Å²) in [4.78, 5) is 51.0. The van der Waals surface area contributed by atoms with Crippen molar-refractivity contribution < 1.29 is 33.4 Å². The standard InChI is InChI=1S/C28H21BrCl2N2O7S/c1-38-22-10-16(9-20(29)25(22)40-14-15-3-5-17(30)6-4-15)11-23-26(35)33(28(37)41-23)13-24(34)32-18-7-8-21(31)19(12-18)27(36)39-2/h3-12H,13-14H2,1-2H3,(H,32,34)/b23-11+. The quantitative estimate of drug-likeness (QED) is 0.194. The van der Waals surface area contributed by atoms with Crippen LogP contribution in [0.1, 0.15) is 21.5 Å². The third kappa shape index (κ3) is 7.42. The first-order valence-corrected chi connectivity index (χ1v) is 14.1. The Balaban J connectivity index is 1.45. The summed E-state index contributed by atoms with van der Waals surface area (Å²) in [6, 6.07) is 14.9. The van der Waals surface area contributed by atoms with Crippen molar-refractivity contribution in [1.29, 1.82) is 0 Å². The van der Waals surface area contributed by atoms with E-state index in [1.54, 1.807) is 24.3 Å². The summed E-state index contributed by atoms with van der Waals surface area (Å²) >= 11 is 16.1. The number of ether oxygens (including phenoxy) is 3. The lowest BCUT2D eigenvalue weighted by molar-refractivity contribution is -0.127. The minimum atomic E-state index is -0.674. The van der Waals surface area contributed by atoms with Crippen molar-refractivity contribution in [1.82, 2.24) is 4.90 Å². The second kappa shape index (κ2) is 13.4. The number of hydrogen-bond donors (Lipinski definition) is 1. The molecule has 1 fully saturated rings. The highest BCUT2D eigenvalue weighted by atomic mass is 79.9. The van der Waals surface area contributed by atoms with Gasteiger partial charge in [0.2, 0.25) is 5.91 Å². The van der Waals surface area contributed by atoms with E-state index >= 15 is 0 Å². The molecular weight excluding hydrogens is 659 g/mol. The Hall–Kier alpha value is -3.51. The predicted molar refractivity (Wildman–Crippen MR) is 161 cm³/mol. The Morgan fingerprint density at radius 2 is 1.78 bits per heavy atom. The van der Waals surface area contributed by atoms with Crippen LogP contribution in [0.5, 0.6) is 11.5 Å². The number of halogens is 3. The van der Waals surface area contributed by atoms with E-state index in [1.165, 1.54) is 38.5 Å². The summed E-state index contributed by atoms with van der Waals surface area (Å²) in [5, 5.41) is 2.72. The molecular formula is C28H21BrCl2N2O7S. The van der Waals surface area contributed by atoms with Gasteiger partial charge < -0.3 is 19.5 Å². The molecule has 0 atom stereocenters. The molecule has 1 aliphatic rings. The van der Waals surface area contributed by atoms with Crippen LogP contribution >= 0.6 is 50.9 Å². The molecule has 0 aromatic heterocycles. The summed E-state index contributed by atoms with van der Waals surface area (Å²) in [7, 11) is 2.69. The molecule has 0 aliphatic carbocycles. The summed E-state index contributed by atoms with van der Waals surface area (Å²) in [6.07, 6.45) is 1.53. The first kappa shape index (κ1) is 30.4. The number of imide groups is 1. The van der Waals surface area contributed by atoms with E-state index in [0.29, 0.717) is 38.3 Å². The molecule has 212 valence electrons. The first-order valence-electron chi connectivity index (χ1n) is 11.8. The molecule has 0 unspecified atom stereocenters. The Labute approximate surface area is 257 Å². The number of methoxy groups -OCH3 is 2. The van der Waals surface area contributed by atoms with E-state index in [-0.39, 0.29) is 27.8 Å². The van der Waals surface area contributed by atoms with Crippen molar-refractivity contribution in [3.05, 3.63) is 90.7 Å². The van der Waals surface area contributed by atoms with Gasteiger partial charge in [-0.1, -0.05) is 35.3 Å². The third-order valence-corrected chi connectivity index (χ3v) is 7.75. The van der Waals surface area contributed by atoms with Gasteiger partial charge in [-0.25, -0.2) is 4.79 Å². The van der Waals surface area contributed by atoms with Gasteiger partial charge in [-0.2, -0.15) is 0 Å². The predicted octanol–water partition coefficient (Wildman–Crippen LogP) is 6.81. The van der Waals surface area contributed by atoms with E-state index in [2.05, 4.69) is 26.0 Å². The zero-order chi connectivity index (χ0) is 29.7. The van der Waals surface area contributed by atoms with Crippen LogP contribution in [0.4, 0.5) is 10.5 Å². The van der Waals surface area contributed by atoms with Gasteiger partial charge in [0.15, 0.2) is 11.5 Å². The van der Waals surface area contributed by atoms with E-state index < -0.39 is 29.6 Å². The highest BCUT2D eigenvalue weighted by molar-refractivity contribution is 9.10. The van der Waals surface area contributed by atoms with Crippen LogP contribution in [-0.4, -0.2) is 48.7 Å². The minimum Gasteiger partial charge on any atom is -0.493 e. The lowest BCUT2D eigenvalue weighted by Gasteiger charge is -2.14. The van der Waals surface area contributed by atoms with Crippen molar-refractivity contribution in [3.63, 3.8) is 0 Å². The van der Waals surface area contributed by atoms with Crippen LogP contribution in [0.25, 0.3) is 6.08 Å². The summed E-state index contributed by atoms with van der Waals surface area (Å²) in [5.74, 6) is -1.07. The SMILES string of the molecule is COC(=O)c1cc(NC(=O)CN2C(=O)S/C(=C/c3cc(Br)c(OCc4ccc(Cl)cc4)c(OC)c3)C2=O)ccc1Cl. The van der Waals surface area contributed by atoms with Gasteiger partial charge in [0.1, 0.15) is 13.2 Å². The molecule has 3 aromatic carbocycles. The number of nitrogens with one attached hydrogen (secondary N) is 1. The largest absolute Gasteiger partial charge is 0.493 e. The van der Waals surface area contributed by atoms with Gasteiger partial charge in [0.05, 0.1) is 34.2 Å². The lowest BCUT2D eigenvalue weighted by atomic mass is 10.1. The molecule has 41 heavy (non-hydrogen) atoms. The second-order valence-electron chi connectivity index (χ2n) is 8.45. The molecule has 1 aliphatic heterocycles. The molecule has 3 aromatic rings. The smallest absolute Gasteiger partial charge is 0.339 e. The zero-order valence-corrected chi connectivity index (χ0v) is 25.4. The average Bonchev–Trinajstić information content (AvgIpc) is 3.20. The topological polar surface area (TPSA) is 111 Å². The van der Waals surface area contributed by atoms with Gasteiger partial charge in [-0.05, 0) is 87.4 Å². The third-order valence-electron chi connectivity index (χ3n) is 5.68. The molecule has 0 saturated carbocycles. The Morgan fingerprint density at radius 1 is 1.05 bits per heavy atom. The van der Waals surface area contributed by atoms with Crippen LogP contribution in [0, 0.1) is 0 Å². The highest BCUT2D eigenvalue weighted by Gasteiger charge is 2.36. The number of benzene rings is 3. The summed E-state index contributed by atoms with van der Waals surface area (Å²) in [5.41, 5.74) is 1.78. The maximum absolute atomic E-state index is 13.0. The number of hydrogen-bond acceptors (Lipinski definition) is 8. The number of carbonyl (C=O) groups is 4. The van der Waals surface area contributed by atoms with E-state index in [0.717, 1.165) is 10.5 Å². The van der Waals surface area contributed by atoms with Crippen molar-refractivity contribution >= 4 is 85.7 Å². The minimum absolute atomic E-state index is 0.0593. The van der Waals surface area contributed by atoms with Crippen LogP contribution in [0.15, 0.2) is 64.0 Å². The normalized spacial score (nSPS) is 13.9. The van der Waals surface area contributed by atoms with E-state index in [4.69, 9.17) is 32.7 Å². The number of rotatable bonds is 9. The Morgan fingerprint density at radius 3 is 2.46 bits per heavy atom. The number of nitrogens with zero attached hydrogens (tertiary/aromatic N) is 1. The zero-order valence-electron chi connectivity index (χ0n) is 21.5. The summed E-state index contributed by atoms with van der Waals surface area (Å²) in [6.45, 7) is -0.255. The van der Waals surface area contributed by atoms with Gasteiger partial charge in [-0.3, -0.25) is 19.3 Å². The molecule has 1 N–H and O–H groups in total. The lowest BCUT2D eigenvalue weighted by Crippen LogP contribution is -2.36. The van der Waals surface area contributed by atoms with Crippen LogP contribution in [-0.2, 0) is 20.9 Å². The number of carbonyl (C=O) groups excluding carboxylic acids is 4. The molecule has 1 saturated heterocycles. The van der Waals surface area contributed by atoms with Crippen LogP contribution < -0.4 is 14.8 Å². The van der Waals surface area contributed by atoms with Gasteiger partial charge in [0, 0.05) is 10.7 Å². The fraction of sp³-hybridized carbons (Fsp3) is 0.143. The molecule has 0 bridgehead atoms. The first-order chi connectivity index (χ1) is 19.6. The Bertz CT molecular complexity index is 1560. The Kier molecular flexibility index (Phi) is 9.98. The molecule has 4 rings (SSSR count). The molecule has 13 heteroatoms. The second-order valence-corrected chi connectivity index (χ2v) is 11.1. The van der Waals surface area contributed by atoms with Crippen LogP contribution in [0.3, 0.4) is 0 Å². The fourth-order valence-electron chi connectivity index (χ4n) is 3.70. The average molecular weight is 680 g/mol. The number of thioether (sulfide) groups is 1. The maximum Gasteiger partial charge on any atom is 0.339 e. The number of amides is 3. The molecule has 9 nitrogen and oxygen atoms in total. The van der Waals surface area contributed by atoms with Crippen molar-refractivity contribution in [2.24, 2.45) is 0 Å². The molecule has 0 spiro atoms. The van der Waals surface area contributed by atoms with E-state index in [9.17, 15) is 19.2 Å². The van der Waals surface area contributed by atoms with Crippen molar-refractivity contribution in [2.75, 3.05) is 26.1 Å². The van der Waals surface area contributed by atoms with Gasteiger partial charge in [0.25, 0.3) is 11.1 Å². The van der Waals surface area contributed by atoms with Gasteiger partial charge >= 0.3 is 5.97 Å². The van der Waals surface area contributed by atoms with Crippen LogP contribution in [0.2, 0.25) is 10.0 Å².